The van der Waals surface area contributed by atoms with Crippen LogP contribution < -0.4 is 10.2 Å². The highest BCUT2D eigenvalue weighted by Gasteiger charge is 2.27. The monoisotopic (exact) mass is 254 g/mol. The SMILES string of the molecule is O=C1CN(c2cccc(Br)c2)C(=O)N1. The smallest absolute Gasteiger partial charge is 0.285 e. The van der Waals surface area contributed by atoms with E-state index in [0.717, 1.165) is 4.47 Å². The molecule has 2 rings (SSSR count). The molecule has 1 fully saturated rings. The molecule has 1 N–H and O–H groups in total. The molecule has 1 aromatic carbocycles. The molecular formula is C9H7BrN2O2. The van der Waals surface area contributed by atoms with Gasteiger partial charge in [-0.1, -0.05) is 22.0 Å². The van der Waals surface area contributed by atoms with Crippen LogP contribution in [0.5, 0.6) is 0 Å². The maximum absolute atomic E-state index is 11.3. The Balaban J connectivity index is 2.31. The molecule has 1 aromatic rings. The van der Waals surface area contributed by atoms with E-state index in [1.54, 1.807) is 12.1 Å². The van der Waals surface area contributed by atoms with Crippen LogP contribution in [0.4, 0.5) is 10.5 Å². The summed E-state index contributed by atoms with van der Waals surface area (Å²) in [5.41, 5.74) is 0.711. The van der Waals surface area contributed by atoms with E-state index in [4.69, 9.17) is 0 Å². The minimum Gasteiger partial charge on any atom is -0.285 e. The zero-order valence-electron chi connectivity index (χ0n) is 7.16. The van der Waals surface area contributed by atoms with Crippen LogP contribution in [0, 0.1) is 0 Å². The summed E-state index contributed by atoms with van der Waals surface area (Å²) in [4.78, 5) is 23.6. The minimum atomic E-state index is -0.367. The number of imide groups is 1. The van der Waals surface area contributed by atoms with Gasteiger partial charge in [0.05, 0.1) is 0 Å². The highest BCUT2D eigenvalue weighted by molar-refractivity contribution is 9.10. The van der Waals surface area contributed by atoms with Gasteiger partial charge in [0.1, 0.15) is 6.54 Å². The first-order valence-electron chi connectivity index (χ1n) is 4.04. The second kappa shape index (κ2) is 3.42. The van der Waals surface area contributed by atoms with E-state index in [0.29, 0.717) is 5.69 Å². The first-order valence-corrected chi connectivity index (χ1v) is 4.83. The molecule has 3 amide bonds. The van der Waals surface area contributed by atoms with E-state index in [1.807, 2.05) is 12.1 Å². The van der Waals surface area contributed by atoms with E-state index in [1.165, 1.54) is 4.90 Å². The number of anilines is 1. The van der Waals surface area contributed by atoms with Crippen molar-refractivity contribution in [1.82, 2.24) is 5.32 Å². The van der Waals surface area contributed by atoms with Gasteiger partial charge in [-0.15, -0.1) is 0 Å². The maximum Gasteiger partial charge on any atom is 0.329 e. The third kappa shape index (κ3) is 1.63. The Morgan fingerprint density at radius 3 is 2.71 bits per heavy atom. The summed E-state index contributed by atoms with van der Waals surface area (Å²) in [5, 5.41) is 2.22. The van der Waals surface area contributed by atoms with Gasteiger partial charge in [0, 0.05) is 10.2 Å². The standard InChI is InChI=1S/C9H7BrN2O2/c10-6-2-1-3-7(4-6)12-5-8(13)11-9(12)14/h1-4H,5H2,(H,11,13,14). The van der Waals surface area contributed by atoms with Crippen molar-refractivity contribution >= 4 is 33.6 Å². The van der Waals surface area contributed by atoms with Gasteiger partial charge >= 0.3 is 6.03 Å². The summed E-state index contributed by atoms with van der Waals surface area (Å²) in [7, 11) is 0. The molecule has 72 valence electrons. The average molecular weight is 255 g/mol. The summed E-state index contributed by atoms with van der Waals surface area (Å²) in [6, 6.07) is 6.88. The van der Waals surface area contributed by atoms with Crippen LogP contribution in [0.2, 0.25) is 0 Å². The van der Waals surface area contributed by atoms with Crippen molar-refractivity contribution in [2.45, 2.75) is 0 Å². The Bertz CT molecular complexity index is 406. The zero-order chi connectivity index (χ0) is 10.1. The molecule has 0 saturated carbocycles. The summed E-state index contributed by atoms with van der Waals surface area (Å²) in [6.07, 6.45) is 0. The Morgan fingerprint density at radius 1 is 1.36 bits per heavy atom. The molecule has 0 aliphatic carbocycles. The van der Waals surface area contributed by atoms with Gasteiger partial charge in [-0.3, -0.25) is 15.0 Å². The van der Waals surface area contributed by atoms with Crippen molar-refractivity contribution in [2.75, 3.05) is 11.4 Å². The van der Waals surface area contributed by atoms with Crippen LogP contribution in [0.3, 0.4) is 0 Å². The first-order chi connectivity index (χ1) is 6.66. The lowest BCUT2D eigenvalue weighted by atomic mass is 10.3. The number of hydrogen-bond acceptors (Lipinski definition) is 2. The number of amides is 3. The molecule has 4 nitrogen and oxygen atoms in total. The summed E-state index contributed by atoms with van der Waals surface area (Å²) < 4.78 is 0.877. The van der Waals surface area contributed by atoms with Gasteiger partial charge in [-0.2, -0.15) is 0 Å². The van der Waals surface area contributed by atoms with Crippen LogP contribution in [0.15, 0.2) is 28.7 Å². The molecule has 0 bridgehead atoms. The Labute approximate surface area is 89.0 Å². The molecule has 1 aliphatic rings. The van der Waals surface area contributed by atoms with Crippen molar-refractivity contribution < 1.29 is 9.59 Å². The molecule has 0 unspecified atom stereocenters. The van der Waals surface area contributed by atoms with Crippen molar-refractivity contribution in [3.63, 3.8) is 0 Å². The molecule has 0 spiro atoms. The van der Waals surface area contributed by atoms with Crippen LogP contribution in [0.25, 0.3) is 0 Å². The van der Waals surface area contributed by atoms with Crippen LogP contribution in [-0.2, 0) is 4.79 Å². The van der Waals surface area contributed by atoms with E-state index in [9.17, 15) is 9.59 Å². The Hall–Kier alpha value is -1.36. The number of benzene rings is 1. The van der Waals surface area contributed by atoms with E-state index < -0.39 is 0 Å². The third-order valence-corrected chi connectivity index (χ3v) is 2.41. The number of urea groups is 1. The number of nitrogens with zero attached hydrogens (tertiary/aromatic N) is 1. The first kappa shape index (κ1) is 9.21. The Kier molecular flexibility index (Phi) is 2.25. The molecule has 1 heterocycles. The molecule has 1 saturated heterocycles. The van der Waals surface area contributed by atoms with Crippen molar-refractivity contribution in [3.05, 3.63) is 28.7 Å². The highest BCUT2D eigenvalue weighted by Crippen LogP contribution is 2.21. The molecule has 0 aromatic heterocycles. The third-order valence-electron chi connectivity index (χ3n) is 1.91. The summed E-state index contributed by atoms with van der Waals surface area (Å²) >= 11 is 3.30. The van der Waals surface area contributed by atoms with Gasteiger partial charge in [0.15, 0.2) is 0 Å². The molecule has 1 aliphatic heterocycles. The van der Waals surface area contributed by atoms with Crippen LogP contribution in [-0.4, -0.2) is 18.5 Å². The topological polar surface area (TPSA) is 49.4 Å². The number of halogens is 1. The second-order valence-corrected chi connectivity index (χ2v) is 3.84. The zero-order valence-corrected chi connectivity index (χ0v) is 8.74. The normalized spacial score (nSPS) is 15.9. The molecule has 5 heteroatoms. The number of rotatable bonds is 1. The minimum absolute atomic E-state index is 0.0925. The largest absolute Gasteiger partial charge is 0.329 e. The quantitative estimate of drug-likeness (QED) is 0.773. The molecule has 14 heavy (non-hydrogen) atoms. The second-order valence-electron chi connectivity index (χ2n) is 2.92. The predicted molar refractivity (Wildman–Crippen MR) is 55.0 cm³/mol. The van der Waals surface area contributed by atoms with E-state index in [2.05, 4.69) is 21.2 Å². The van der Waals surface area contributed by atoms with Gasteiger partial charge in [-0.25, -0.2) is 4.79 Å². The lowest BCUT2D eigenvalue weighted by molar-refractivity contribution is -0.117. The molecule has 0 radical (unpaired) electrons. The highest BCUT2D eigenvalue weighted by atomic mass is 79.9. The molecular weight excluding hydrogens is 248 g/mol. The van der Waals surface area contributed by atoms with Crippen molar-refractivity contribution in [2.24, 2.45) is 0 Å². The van der Waals surface area contributed by atoms with Gasteiger partial charge < -0.3 is 0 Å². The van der Waals surface area contributed by atoms with Crippen molar-refractivity contribution in [3.8, 4) is 0 Å². The van der Waals surface area contributed by atoms with Crippen LogP contribution >= 0.6 is 15.9 Å². The lowest BCUT2D eigenvalue weighted by Gasteiger charge is -2.12. The number of carbonyl (C=O) groups excluding carboxylic acids is 2. The number of nitrogens with one attached hydrogen (secondary N) is 1. The fourth-order valence-electron chi connectivity index (χ4n) is 1.29. The van der Waals surface area contributed by atoms with E-state index >= 15 is 0 Å². The predicted octanol–water partition coefficient (Wildman–Crippen LogP) is 1.51. The fourth-order valence-corrected chi connectivity index (χ4v) is 1.68. The average Bonchev–Trinajstić information content (AvgIpc) is 2.45. The lowest BCUT2D eigenvalue weighted by Crippen LogP contribution is -2.27. The molecule has 0 atom stereocenters. The summed E-state index contributed by atoms with van der Waals surface area (Å²) in [6.45, 7) is 0.0925. The summed E-state index contributed by atoms with van der Waals surface area (Å²) in [5.74, 6) is -0.269. The van der Waals surface area contributed by atoms with Crippen LogP contribution in [0.1, 0.15) is 0 Å². The van der Waals surface area contributed by atoms with Gasteiger partial charge in [0.25, 0.3) is 0 Å². The van der Waals surface area contributed by atoms with Crippen molar-refractivity contribution in [1.29, 1.82) is 0 Å². The fraction of sp³-hybridized carbons (Fsp3) is 0.111. The number of hydrogen-bond donors (Lipinski definition) is 1. The maximum atomic E-state index is 11.3. The Morgan fingerprint density at radius 2 is 2.14 bits per heavy atom. The van der Waals surface area contributed by atoms with Gasteiger partial charge in [0.2, 0.25) is 5.91 Å². The van der Waals surface area contributed by atoms with E-state index in [-0.39, 0.29) is 18.5 Å². The van der Waals surface area contributed by atoms with Gasteiger partial charge in [-0.05, 0) is 18.2 Å². The number of carbonyl (C=O) groups is 2.